The van der Waals surface area contributed by atoms with E-state index in [1.54, 1.807) is 37.4 Å². The molecule has 3 aromatic rings. The predicted octanol–water partition coefficient (Wildman–Crippen LogP) is 4.62. The van der Waals surface area contributed by atoms with Crippen LogP contribution in [0.4, 0.5) is 4.39 Å². The highest BCUT2D eigenvalue weighted by molar-refractivity contribution is 6.12. The first-order valence-electron chi connectivity index (χ1n) is 8.28. The molecule has 5 nitrogen and oxygen atoms in total. The summed E-state index contributed by atoms with van der Waals surface area (Å²) in [5.74, 6) is 0.763. The van der Waals surface area contributed by atoms with E-state index in [2.05, 4.69) is 4.98 Å². The van der Waals surface area contributed by atoms with Gasteiger partial charge in [-0.1, -0.05) is 0 Å². The number of carbonyl (C=O) groups excluding carboxylic acids is 1. The van der Waals surface area contributed by atoms with Crippen molar-refractivity contribution in [1.82, 2.24) is 4.98 Å². The van der Waals surface area contributed by atoms with Gasteiger partial charge in [0, 0.05) is 28.2 Å². The van der Waals surface area contributed by atoms with Gasteiger partial charge in [-0.25, -0.2) is 4.39 Å². The smallest absolute Gasteiger partial charge is 0.203 e. The molecule has 2 aromatic carbocycles. The van der Waals surface area contributed by atoms with Crippen LogP contribution >= 0.6 is 0 Å². The zero-order valence-corrected chi connectivity index (χ0v) is 15.6. The molecule has 3 rings (SSSR count). The molecular formula is C21H20FNO4. The van der Waals surface area contributed by atoms with Crippen molar-refractivity contribution in [3.63, 3.8) is 0 Å². The quantitative estimate of drug-likeness (QED) is 0.509. The van der Waals surface area contributed by atoms with Gasteiger partial charge in [0.2, 0.25) is 5.75 Å². The van der Waals surface area contributed by atoms with Crippen LogP contribution in [0.5, 0.6) is 17.2 Å². The fourth-order valence-corrected chi connectivity index (χ4v) is 2.98. The van der Waals surface area contributed by atoms with Gasteiger partial charge in [-0.15, -0.1) is 0 Å². The molecule has 0 saturated heterocycles. The van der Waals surface area contributed by atoms with Crippen molar-refractivity contribution in [3.8, 4) is 17.2 Å². The van der Waals surface area contributed by atoms with E-state index in [0.717, 1.165) is 10.9 Å². The highest BCUT2D eigenvalue weighted by atomic mass is 19.1. The highest BCUT2D eigenvalue weighted by Gasteiger charge is 2.18. The zero-order chi connectivity index (χ0) is 19.6. The van der Waals surface area contributed by atoms with E-state index < -0.39 is 0 Å². The molecule has 27 heavy (non-hydrogen) atoms. The van der Waals surface area contributed by atoms with Crippen molar-refractivity contribution in [2.75, 3.05) is 21.3 Å². The molecule has 0 spiro atoms. The summed E-state index contributed by atoms with van der Waals surface area (Å²) in [5.41, 5.74) is 2.43. The summed E-state index contributed by atoms with van der Waals surface area (Å²) in [4.78, 5) is 15.9. The van der Waals surface area contributed by atoms with Gasteiger partial charge in [0.05, 0.1) is 21.3 Å². The van der Waals surface area contributed by atoms with Gasteiger partial charge in [-0.3, -0.25) is 4.79 Å². The van der Waals surface area contributed by atoms with Crippen molar-refractivity contribution in [2.24, 2.45) is 0 Å². The molecule has 6 heteroatoms. The Morgan fingerprint density at radius 2 is 1.70 bits per heavy atom. The Labute approximate surface area is 156 Å². The number of benzene rings is 2. The van der Waals surface area contributed by atoms with Crippen LogP contribution in [0, 0.1) is 5.82 Å². The summed E-state index contributed by atoms with van der Waals surface area (Å²) in [6, 6.07) is 7.73. The Kier molecular flexibility index (Phi) is 5.16. The molecule has 0 aliphatic heterocycles. The Balaban J connectivity index is 2.00. The minimum Gasteiger partial charge on any atom is -0.493 e. The van der Waals surface area contributed by atoms with E-state index in [4.69, 9.17) is 14.2 Å². The molecule has 1 aromatic heterocycles. The number of fused-ring (bicyclic) bond motifs is 1. The zero-order valence-electron chi connectivity index (χ0n) is 15.6. The molecule has 0 fully saturated rings. The number of halogens is 1. The molecule has 0 aliphatic rings. The maximum Gasteiger partial charge on any atom is 0.203 e. The maximum absolute atomic E-state index is 13.3. The van der Waals surface area contributed by atoms with Gasteiger partial charge >= 0.3 is 0 Å². The Morgan fingerprint density at radius 1 is 1.04 bits per heavy atom. The molecule has 0 unspecified atom stereocenters. The number of ether oxygens (including phenoxy) is 3. The minimum atomic E-state index is -0.315. The summed E-state index contributed by atoms with van der Waals surface area (Å²) in [5, 5.41) is 0.841. The fourth-order valence-electron chi connectivity index (χ4n) is 2.98. The Bertz CT molecular complexity index is 1010. The van der Waals surface area contributed by atoms with E-state index in [0.29, 0.717) is 33.9 Å². The number of aromatic nitrogens is 1. The van der Waals surface area contributed by atoms with Crippen molar-refractivity contribution in [1.29, 1.82) is 0 Å². The molecule has 0 saturated carbocycles. The van der Waals surface area contributed by atoms with Crippen molar-refractivity contribution < 1.29 is 23.4 Å². The van der Waals surface area contributed by atoms with Crippen molar-refractivity contribution >= 4 is 22.8 Å². The van der Waals surface area contributed by atoms with Crippen LogP contribution in [0.3, 0.4) is 0 Å². The first-order valence-corrected chi connectivity index (χ1v) is 8.28. The third kappa shape index (κ3) is 3.51. The van der Waals surface area contributed by atoms with Crippen LogP contribution < -0.4 is 14.2 Å². The number of hydrogen-bond acceptors (Lipinski definition) is 4. The Hall–Kier alpha value is -3.28. The number of H-pyrrole nitrogens is 1. The Morgan fingerprint density at radius 3 is 2.30 bits per heavy atom. The van der Waals surface area contributed by atoms with Gasteiger partial charge in [0.25, 0.3) is 0 Å². The molecule has 0 bridgehead atoms. The number of allylic oxidation sites excluding steroid dienone is 1. The molecule has 0 atom stereocenters. The fraction of sp³-hybridized carbons (Fsp3) is 0.190. The first-order chi connectivity index (χ1) is 13.0. The SMILES string of the molecule is COc1cc(C(=O)/C(C)=C/c2c[nH]c3cc(F)ccc23)cc(OC)c1OC. The minimum absolute atomic E-state index is 0.175. The molecule has 1 heterocycles. The number of methoxy groups -OCH3 is 3. The van der Waals surface area contributed by atoms with Crippen LogP contribution in [0.2, 0.25) is 0 Å². The molecule has 0 aliphatic carbocycles. The lowest BCUT2D eigenvalue weighted by Crippen LogP contribution is -2.03. The number of Topliss-reactive ketones (excluding diaryl/α,β-unsaturated/α-hetero) is 1. The topological polar surface area (TPSA) is 60.6 Å². The molecular weight excluding hydrogens is 349 g/mol. The number of carbonyl (C=O) groups is 1. The van der Waals surface area contributed by atoms with Gasteiger partial charge in [0.1, 0.15) is 5.82 Å². The van der Waals surface area contributed by atoms with Crippen LogP contribution in [-0.4, -0.2) is 32.1 Å². The predicted molar refractivity (Wildman–Crippen MR) is 102 cm³/mol. The van der Waals surface area contributed by atoms with Crippen LogP contribution in [-0.2, 0) is 0 Å². The van der Waals surface area contributed by atoms with Crippen LogP contribution in [0.1, 0.15) is 22.8 Å². The lowest BCUT2D eigenvalue weighted by molar-refractivity contribution is 0.103. The monoisotopic (exact) mass is 369 g/mol. The second-order valence-electron chi connectivity index (χ2n) is 6.00. The van der Waals surface area contributed by atoms with Crippen molar-refractivity contribution in [3.05, 3.63) is 59.0 Å². The summed E-state index contributed by atoms with van der Waals surface area (Å²) in [7, 11) is 4.51. The largest absolute Gasteiger partial charge is 0.493 e. The van der Waals surface area contributed by atoms with Gasteiger partial charge in [-0.2, -0.15) is 0 Å². The average Bonchev–Trinajstić information content (AvgIpc) is 3.07. The summed E-state index contributed by atoms with van der Waals surface area (Å²) >= 11 is 0. The third-order valence-electron chi connectivity index (χ3n) is 4.33. The van der Waals surface area contributed by atoms with E-state index in [1.165, 1.54) is 33.5 Å². The third-order valence-corrected chi connectivity index (χ3v) is 4.33. The van der Waals surface area contributed by atoms with Crippen LogP contribution in [0.15, 0.2) is 42.1 Å². The average molecular weight is 369 g/mol. The van der Waals surface area contributed by atoms with Gasteiger partial charge in [0.15, 0.2) is 17.3 Å². The molecule has 140 valence electrons. The second kappa shape index (κ2) is 7.53. The first kappa shape index (κ1) is 18.5. The van der Waals surface area contributed by atoms with E-state index in [9.17, 15) is 9.18 Å². The van der Waals surface area contributed by atoms with Gasteiger partial charge in [-0.05, 0) is 48.9 Å². The van der Waals surface area contributed by atoms with E-state index in [1.807, 2.05) is 0 Å². The number of nitrogens with one attached hydrogen (secondary N) is 1. The van der Waals surface area contributed by atoms with Crippen molar-refractivity contribution in [2.45, 2.75) is 6.92 Å². The normalized spacial score (nSPS) is 11.5. The van der Waals surface area contributed by atoms with Crippen LogP contribution in [0.25, 0.3) is 17.0 Å². The summed E-state index contributed by atoms with van der Waals surface area (Å²) in [6.45, 7) is 1.73. The molecule has 0 radical (unpaired) electrons. The number of ketones is 1. The number of hydrogen-bond donors (Lipinski definition) is 1. The van der Waals surface area contributed by atoms with E-state index >= 15 is 0 Å². The lowest BCUT2D eigenvalue weighted by atomic mass is 10.0. The summed E-state index contributed by atoms with van der Waals surface area (Å²) < 4.78 is 29.2. The maximum atomic E-state index is 13.3. The number of rotatable bonds is 6. The highest BCUT2D eigenvalue weighted by Crippen LogP contribution is 2.38. The number of aromatic amines is 1. The second-order valence-corrected chi connectivity index (χ2v) is 6.00. The lowest BCUT2D eigenvalue weighted by Gasteiger charge is -2.13. The molecule has 1 N–H and O–H groups in total. The standard InChI is InChI=1S/C21H20FNO4/c1-12(7-14-11-23-17-10-15(22)5-6-16(14)17)20(24)13-8-18(25-2)21(27-4)19(9-13)26-3/h5-11,23H,1-4H3/b12-7+. The molecule has 0 amide bonds. The van der Waals surface area contributed by atoms with E-state index in [-0.39, 0.29) is 11.6 Å². The van der Waals surface area contributed by atoms with Gasteiger partial charge < -0.3 is 19.2 Å². The summed E-state index contributed by atoms with van der Waals surface area (Å²) in [6.07, 6.45) is 3.51.